The summed E-state index contributed by atoms with van der Waals surface area (Å²) in [6.45, 7) is 4.29. The van der Waals surface area contributed by atoms with Crippen LogP contribution in [0.3, 0.4) is 0 Å². The second kappa shape index (κ2) is 8.41. The fraction of sp³-hybridized carbons (Fsp3) is 0.350. The van der Waals surface area contributed by atoms with E-state index in [0.717, 1.165) is 6.07 Å². The maximum Gasteiger partial charge on any atom is 0.418 e. The summed E-state index contributed by atoms with van der Waals surface area (Å²) in [5.74, 6) is 0. The Bertz CT molecular complexity index is 821. The number of halogens is 4. The minimum absolute atomic E-state index is 0.0335. The summed E-state index contributed by atoms with van der Waals surface area (Å²) in [7, 11) is 0. The lowest BCUT2D eigenvalue weighted by Crippen LogP contribution is -2.50. The van der Waals surface area contributed by atoms with Crippen LogP contribution in [0.25, 0.3) is 0 Å². The number of carbonyl (C=O) groups is 1. The number of benzene rings is 2. The van der Waals surface area contributed by atoms with E-state index in [-0.39, 0.29) is 16.8 Å². The number of anilines is 1. The molecule has 1 aliphatic rings. The van der Waals surface area contributed by atoms with Crippen molar-refractivity contribution in [3.8, 4) is 0 Å². The van der Waals surface area contributed by atoms with Crippen molar-refractivity contribution in [3.05, 3.63) is 64.7 Å². The first-order valence-corrected chi connectivity index (χ1v) is 9.35. The van der Waals surface area contributed by atoms with E-state index in [1.165, 1.54) is 22.6 Å². The molecule has 1 unspecified atom stereocenters. The Balaban J connectivity index is 1.62. The molecule has 1 heterocycles. The zero-order chi connectivity index (χ0) is 20.3. The normalized spacial score (nSPS) is 16.7. The molecule has 0 spiro atoms. The van der Waals surface area contributed by atoms with Gasteiger partial charge in [-0.3, -0.25) is 4.90 Å². The van der Waals surface area contributed by atoms with Gasteiger partial charge in [-0.15, -0.1) is 0 Å². The van der Waals surface area contributed by atoms with Crippen molar-refractivity contribution >= 4 is 23.3 Å². The van der Waals surface area contributed by atoms with Gasteiger partial charge in [0.2, 0.25) is 0 Å². The second-order valence-electron chi connectivity index (χ2n) is 6.73. The van der Waals surface area contributed by atoms with E-state index in [4.69, 9.17) is 11.6 Å². The van der Waals surface area contributed by atoms with Gasteiger partial charge in [-0.2, -0.15) is 13.2 Å². The Hall–Kier alpha value is -2.25. The van der Waals surface area contributed by atoms with Gasteiger partial charge in [0.25, 0.3) is 0 Å². The van der Waals surface area contributed by atoms with Crippen molar-refractivity contribution < 1.29 is 18.0 Å². The van der Waals surface area contributed by atoms with Crippen LogP contribution >= 0.6 is 11.6 Å². The lowest BCUT2D eigenvalue weighted by Gasteiger charge is -2.38. The maximum absolute atomic E-state index is 13.2. The number of hydrogen-bond donors (Lipinski definition) is 1. The lowest BCUT2D eigenvalue weighted by atomic mass is 10.1. The minimum Gasteiger partial charge on any atom is -0.322 e. The van der Waals surface area contributed by atoms with E-state index in [1.807, 2.05) is 18.2 Å². The highest BCUT2D eigenvalue weighted by atomic mass is 35.5. The van der Waals surface area contributed by atoms with E-state index < -0.39 is 17.8 Å². The number of piperazine rings is 1. The van der Waals surface area contributed by atoms with Crippen molar-refractivity contribution in [2.45, 2.75) is 19.1 Å². The highest BCUT2D eigenvalue weighted by Crippen LogP contribution is 2.36. The molecule has 4 nitrogen and oxygen atoms in total. The van der Waals surface area contributed by atoms with Gasteiger partial charge in [0.15, 0.2) is 0 Å². The third-order valence-corrected chi connectivity index (χ3v) is 5.19. The van der Waals surface area contributed by atoms with Gasteiger partial charge in [0.05, 0.1) is 11.3 Å². The SMILES string of the molecule is CC(c1ccccc1)N1CCN(C(=O)Nc2ccc(Cl)cc2C(F)(F)F)CC1. The average Bonchev–Trinajstić information content (AvgIpc) is 2.68. The van der Waals surface area contributed by atoms with Crippen LogP contribution in [0.4, 0.5) is 23.7 Å². The molecule has 8 heteroatoms. The van der Waals surface area contributed by atoms with Gasteiger partial charge in [0, 0.05) is 37.2 Å². The Labute approximate surface area is 166 Å². The summed E-state index contributed by atoms with van der Waals surface area (Å²) >= 11 is 5.68. The molecule has 1 aliphatic heterocycles. The lowest BCUT2D eigenvalue weighted by molar-refractivity contribution is -0.136. The highest BCUT2D eigenvalue weighted by Gasteiger charge is 2.35. The first-order valence-electron chi connectivity index (χ1n) is 8.97. The smallest absolute Gasteiger partial charge is 0.322 e. The van der Waals surface area contributed by atoms with Crippen LogP contribution in [0.5, 0.6) is 0 Å². The number of nitrogens with one attached hydrogen (secondary N) is 1. The number of rotatable bonds is 3. The summed E-state index contributed by atoms with van der Waals surface area (Å²) < 4.78 is 39.6. The molecule has 2 amide bonds. The molecule has 2 aromatic rings. The minimum atomic E-state index is -4.60. The molecule has 1 saturated heterocycles. The third-order valence-electron chi connectivity index (χ3n) is 4.96. The van der Waals surface area contributed by atoms with Gasteiger partial charge in [-0.05, 0) is 30.7 Å². The Morgan fingerprint density at radius 3 is 2.32 bits per heavy atom. The van der Waals surface area contributed by atoms with Crippen LogP contribution in [0, 0.1) is 0 Å². The van der Waals surface area contributed by atoms with Gasteiger partial charge < -0.3 is 10.2 Å². The van der Waals surface area contributed by atoms with Crippen molar-refractivity contribution in [1.29, 1.82) is 0 Å². The van der Waals surface area contributed by atoms with Crippen molar-refractivity contribution in [1.82, 2.24) is 9.80 Å². The maximum atomic E-state index is 13.2. The Morgan fingerprint density at radius 1 is 1.07 bits per heavy atom. The summed E-state index contributed by atoms with van der Waals surface area (Å²) in [5.41, 5.74) is -0.0527. The summed E-state index contributed by atoms with van der Waals surface area (Å²) in [4.78, 5) is 16.3. The van der Waals surface area contributed by atoms with Crippen LogP contribution in [-0.4, -0.2) is 42.0 Å². The number of hydrogen-bond acceptors (Lipinski definition) is 2. The monoisotopic (exact) mass is 411 g/mol. The highest BCUT2D eigenvalue weighted by molar-refractivity contribution is 6.30. The van der Waals surface area contributed by atoms with Crippen molar-refractivity contribution in [2.75, 3.05) is 31.5 Å². The Morgan fingerprint density at radius 2 is 1.71 bits per heavy atom. The summed E-state index contributed by atoms with van der Waals surface area (Å²) in [6.07, 6.45) is -4.60. The van der Waals surface area contributed by atoms with E-state index in [1.54, 1.807) is 0 Å². The molecule has 150 valence electrons. The number of nitrogens with zero attached hydrogens (tertiary/aromatic N) is 2. The van der Waals surface area contributed by atoms with Crippen molar-refractivity contribution in [3.63, 3.8) is 0 Å². The number of carbonyl (C=O) groups excluding carboxylic acids is 1. The molecule has 1 N–H and O–H groups in total. The van der Waals surface area contributed by atoms with E-state index in [2.05, 4.69) is 29.3 Å². The molecule has 28 heavy (non-hydrogen) atoms. The average molecular weight is 412 g/mol. The van der Waals surface area contributed by atoms with Gasteiger partial charge in [-0.25, -0.2) is 4.79 Å². The standard InChI is InChI=1S/C20H21ClF3N3O/c1-14(15-5-3-2-4-6-15)26-9-11-27(12-10-26)19(28)25-18-8-7-16(21)13-17(18)20(22,23)24/h2-8,13-14H,9-12H2,1H3,(H,25,28). The molecular weight excluding hydrogens is 391 g/mol. The predicted octanol–water partition coefficient (Wildman–Crippen LogP) is 5.27. The zero-order valence-electron chi connectivity index (χ0n) is 15.3. The molecule has 0 radical (unpaired) electrons. The fourth-order valence-corrected chi connectivity index (χ4v) is 3.48. The van der Waals surface area contributed by atoms with Gasteiger partial charge in [-0.1, -0.05) is 41.9 Å². The molecule has 0 bridgehead atoms. The number of amides is 2. The fourth-order valence-electron chi connectivity index (χ4n) is 3.31. The van der Waals surface area contributed by atoms with E-state index in [9.17, 15) is 18.0 Å². The topological polar surface area (TPSA) is 35.6 Å². The first kappa shape index (κ1) is 20.5. The molecule has 1 atom stereocenters. The van der Waals surface area contributed by atoms with Crippen LogP contribution in [0.1, 0.15) is 24.1 Å². The third kappa shape index (κ3) is 4.77. The van der Waals surface area contributed by atoms with E-state index >= 15 is 0 Å². The quantitative estimate of drug-likeness (QED) is 0.746. The van der Waals surface area contributed by atoms with Crippen LogP contribution in [-0.2, 0) is 6.18 Å². The summed E-state index contributed by atoms with van der Waals surface area (Å²) in [5, 5.41) is 2.35. The Kier molecular flexibility index (Phi) is 6.15. The molecular formula is C20H21ClF3N3O. The number of urea groups is 1. The molecule has 3 rings (SSSR count). The predicted molar refractivity (Wildman–Crippen MR) is 103 cm³/mol. The molecule has 0 aromatic heterocycles. The largest absolute Gasteiger partial charge is 0.418 e. The van der Waals surface area contributed by atoms with Crippen LogP contribution < -0.4 is 5.32 Å². The van der Waals surface area contributed by atoms with Crippen molar-refractivity contribution in [2.24, 2.45) is 0 Å². The molecule has 2 aromatic carbocycles. The molecule has 1 fully saturated rings. The van der Waals surface area contributed by atoms with Gasteiger partial charge in [0.1, 0.15) is 0 Å². The molecule has 0 aliphatic carbocycles. The second-order valence-corrected chi connectivity index (χ2v) is 7.16. The van der Waals surface area contributed by atoms with Gasteiger partial charge >= 0.3 is 12.2 Å². The van der Waals surface area contributed by atoms with Crippen LogP contribution in [0.15, 0.2) is 48.5 Å². The first-order chi connectivity index (χ1) is 13.3. The summed E-state index contributed by atoms with van der Waals surface area (Å²) in [6, 6.07) is 13.0. The van der Waals surface area contributed by atoms with Crippen LogP contribution in [0.2, 0.25) is 5.02 Å². The number of alkyl halides is 3. The zero-order valence-corrected chi connectivity index (χ0v) is 16.1. The molecule has 0 saturated carbocycles. The van der Waals surface area contributed by atoms with E-state index in [0.29, 0.717) is 26.2 Å².